The molecule has 38 heavy (non-hydrogen) atoms. The van der Waals surface area contributed by atoms with Gasteiger partial charge in [-0.2, -0.15) is 0 Å². The number of aryl methyl sites for hydroxylation is 1. The Kier molecular flexibility index (Phi) is 8.24. The second-order valence-electron chi connectivity index (χ2n) is 10.5. The van der Waals surface area contributed by atoms with Crippen molar-refractivity contribution in [3.05, 3.63) is 46.9 Å². The summed E-state index contributed by atoms with van der Waals surface area (Å²) in [5.74, 6) is -0.152. The summed E-state index contributed by atoms with van der Waals surface area (Å²) in [5, 5.41) is 12.5. The highest BCUT2D eigenvalue weighted by molar-refractivity contribution is 6.10. The van der Waals surface area contributed by atoms with Crippen molar-refractivity contribution in [1.29, 1.82) is 5.41 Å². The minimum atomic E-state index is -0.489. The number of rotatable bonds is 8. The lowest BCUT2D eigenvalue weighted by molar-refractivity contribution is 0.0115. The van der Waals surface area contributed by atoms with Gasteiger partial charge in [0.25, 0.3) is 0 Å². The Labute approximate surface area is 224 Å². The van der Waals surface area contributed by atoms with Gasteiger partial charge >= 0.3 is 5.97 Å². The van der Waals surface area contributed by atoms with Gasteiger partial charge in [-0.25, -0.2) is 14.2 Å². The maximum atomic E-state index is 14.0. The Hall–Kier alpha value is -3.04. The average Bonchev–Trinajstić information content (AvgIpc) is 2.90. The quantitative estimate of drug-likeness (QED) is 0.375. The van der Waals surface area contributed by atoms with E-state index in [2.05, 4.69) is 20.1 Å². The maximum Gasteiger partial charge on any atom is 0.357 e. The van der Waals surface area contributed by atoms with Crippen molar-refractivity contribution in [2.75, 3.05) is 56.2 Å². The zero-order valence-corrected chi connectivity index (χ0v) is 22.4. The van der Waals surface area contributed by atoms with Crippen LogP contribution in [0.4, 0.5) is 21.6 Å². The third-order valence-corrected chi connectivity index (χ3v) is 8.05. The van der Waals surface area contributed by atoms with E-state index in [0.29, 0.717) is 28.8 Å². The predicted octanol–water partition coefficient (Wildman–Crippen LogP) is 4.92. The first-order chi connectivity index (χ1) is 18.4. The molecule has 3 aliphatic rings. The maximum absolute atomic E-state index is 14.0. The Balaban J connectivity index is 1.51. The number of hydrogen-bond donors (Lipinski definition) is 2. The molecule has 1 saturated carbocycles. The zero-order valence-electron chi connectivity index (χ0n) is 22.4. The highest BCUT2D eigenvalue weighted by Gasteiger charge is 2.33. The Bertz CT molecular complexity index is 1170. The van der Waals surface area contributed by atoms with Crippen molar-refractivity contribution in [3.63, 3.8) is 0 Å². The minimum Gasteiger partial charge on any atom is -0.461 e. The number of carbonyl (C=O) groups is 1. The number of hydrogen-bond acceptors (Lipinski definition) is 8. The SMILES string of the molecule is CCOC(=O)c1cc(N2CCC(N3CCOCC3)CC2)c(C(=N)C2CCC2)c(Nc2ccc(F)c(C)c2)n1. The van der Waals surface area contributed by atoms with E-state index in [0.717, 1.165) is 82.7 Å². The average molecular weight is 524 g/mol. The smallest absolute Gasteiger partial charge is 0.357 e. The third-order valence-electron chi connectivity index (χ3n) is 8.05. The number of esters is 1. The number of piperidine rings is 1. The topological polar surface area (TPSA) is 90.8 Å². The molecule has 8 nitrogen and oxygen atoms in total. The summed E-state index contributed by atoms with van der Waals surface area (Å²) >= 11 is 0. The van der Waals surface area contributed by atoms with E-state index in [4.69, 9.17) is 9.47 Å². The number of aromatic nitrogens is 1. The number of morpholine rings is 1. The molecular weight excluding hydrogens is 485 g/mol. The molecule has 2 aliphatic heterocycles. The van der Waals surface area contributed by atoms with E-state index >= 15 is 0 Å². The van der Waals surface area contributed by atoms with Crippen molar-refractivity contribution in [2.45, 2.75) is 52.0 Å². The van der Waals surface area contributed by atoms with Crippen LogP contribution in [0.1, 0.15) is 60.6 Å². The number of nitrogens with one attached hydrogen (secondary N) is 2. The van der Waals surface area contributed by atoms with Crippen LogP contribution in [0.5, 0.6) is 0 Å². The third kappa shape index (κ3) is 5.68. The summed E-state index contributed by atoms with van der Waals surface area (Å²) in [7, 11) is 0. The van der Waals surface area contributed by atoms with Crippen molar-refractivity contribution in [2.24, 2.45) is 5.92 Å². The summed E-state index contributed by atoms with van der Waals surface area (Å²) in [6.07, 6.45) is 5.08. The summed E-state index contributed by atoms with van der Waals surface area (Å²) in [6.45, 7) is 8.90. The fourth-order valence-corrected chi connectivity index (χ4v) is 5.62. The first-order valence-electron chi connectivity index (χ1n) is 13.9. The van der Waals surface area contributed by atoms with E-state index in [1.807, 2.05) is 0 Å². The van der Waals surface area contributed by atoms with E-state index in [-0.39, 0.29) is 24.0 Å². The Morgan fingerprint density at radius 2 is 1.89 bits per heavy atom. The number of pyridine rings is 1. The van der Waals surface area contributed by atoms with Crippen molar-refractivity contribution in [1.82, 2.24) is 9.88 Å². The molecule has 0 unspecified atom stereocenters. The molecular formula is C29H38FN5O3. The first-order valence-corrected chi connectivity index (χ1v) is 13.9. The molecule has 5 rings (SSSR count). The molecule has 1 aromatic heterocycles. The Morgan fingerprint density at radius 3 is 2.53 bits per heavy atom. The number of benzene rings is 1. The lowest BCUT2D eigenvalue weighted by Gasteiger charge is -2.41. The van der Waals surface area contributed by atoms with Gasteiger partial charge in [0.05, 0.1) is 31.1 Å². The van der Waals surface area contributed by atoms with Crippen LogP contribution < -0.4 is 10.2 Å². The zero-order chi connectivity index (χ0) is 26.6. The van der Waals surface area contributed by atoms with Crippen LogP contribution in [0.2, 0.25) is 0 Å². The fraction of sp³-hybridized carbons (Fsp3) is 0.552. The molecule has 9 heteroatoms. The molecule has 1 aliphatic carbocycles. The van der Waals surface area contributed by atoms with E-state index in [1.54, 1.807) is 32.0 Å². The van der Waals surface area contributed by atoms with Gasteiger partial charge in [0.15, 0.2) is 5.69 Å². The van der Waals surface area contributed by atoms with Crippen LogP contribution in [-0.4, -0.2) is 73.6 Å². The van der Waals surface area contributed by atoms with Crippen LogP contribution in [0.3, 0.4) is 0 Å². The van der Waals surface area contributed by atoms with Crippen molar-refractivity contribution in [3.8, 4) is 0 Å². The lowest BCUT2D eigenvalue weighted by atomic mass is 9.79. The van der Waals surface area contributed by atoms with Crippen molar-refractivity contribution < 1.29 is 18.7 Å². The summed E-state index contributed by atoms with van der Waals surface area (Å²) in [6, 6.07) is 7.11. The molecule has 2 aromatic rings. The van der Waals surface area contributed by atoms with Crippen LogP contribution in [-0.2, 0) is 9.47 Å². The number of anilines is 3. The second kappa shape index (κ2) is 11.8. The number of carbonyl (C=O) groups excluding carboxylic acids is 1. The van der Waals surface area contributed by atoms with Crippen LogP contribution >= 0.6 is 0 Å². The Morgan fingerprint density at radius 1 is 1.16 bits per heavy atom. The van der Waals surface area contributed by atoms with Gasteiger partial charge in [-0.15, -0.1) is 0 Å². The summed E-state index contributed by atoms with van der Waals surface area (Å²) in [4.78, 5) is 22.4. The van der Waals surface area contributed by atoms with Crippen molar-refractivity contribution >= 4 is 28.9 Å². The standard InChI is InChI=1S/C29H38FN5O3/c1-3-38-29(36)24-18-25(35-11-9-22(10-12-35)34-13-15-37-16-14-34)26(27(31)20-5-4-6-20)28(33-24)32-21-7-8-23(30)19(2)17-21/h7-8,17-18,20,22,31H,3-6,9-16H2,1-2H3,(H,32,33). The van der Waals surface area contributed by atoms with Gasteiger partial charge < -0.3 is 25.1 Å². The summed E-state index contributed by atoms with van der Waals surface area (Å²) < 4.78 is 24.8. The predicted molar refractivity (Wildman–Crippen MR) is 146 cm³/mol. The van der Waals surface area contributed by atoms with Crippen LogP contribution in [0.25, 0.3) is 0 Å². The molecule has 1 aromatic carbocycles. The van der Waals surface area contributed by atoms with E-state index in [9.17, 15) is 14.6 Å². The van der Waals surface area contributed by atoms with E-state index in [1.165, 1.54) is 6.07 Å². The summed E-state index contributed by atoms with van der Waals surface area (Å²) in [5.41, 5.74) is 3.51. The van der Waals surface area contributed by atoms with Crippen LogP contribution in [0, 0.1) is 24.1 Å². The molecule has 0 radical (unpaired) electrons. The number of nitrogens with zero attached hydrogens (tertiary/aromatic N) is 3. The molecule has 2 saturated heterocycles. The van der Waals surface area contributed by atoms with Gasteiger partial charge in [0, 0.05) is 49.5 Å². The molecule has 0 amide bonds. The molecule has 3 heterocycles. The van der Waals surface area contributed by atoms with Crippen LogP contribution in [0.15, 0.2) is 24.3 Å². The second-order valence-corrected chi connectivity index (χ2v) is 10.5. The van der Waals surface area contributed by atoms with E-state index < -0.39 is 5.97 Å². The highest BCUT2D eigenvalue weighted by Crippen LogP contribution is 2.38. The van der Waals surface area contributed by atoms with Gasteiger partial charge in [-0.3, -0.25) is 4.90 Å². The van der Waals surface area contributed by atoms with Gasteiger partial charge in [-0.05, 0) is 69.4 Å². The molecule has 204 valence electrons. The fourth-order valence-electron chi connectivity index (χ4n) is 5.62. The number of ether oxygens (including phenoxy) is 2. The highest BCUT2D eigenvalue weighted by atomic mass is 19.1. The molecule has 0 spiro atoms. The largest absolute Gasteiger partial charge is 0.461 e. The molecule has 0 bridgehead atoms. The molecule has 2 N–H and O–H groups in total. The number of halogens is 1. The minimum absolute atomic E-state index is 0.172. The normalized spacial score (nSPS) is 19.2. The molecule has 3 fully saturated rings. The van der Waals surface area contributed by atoms with Gasteiger partial charge in [0.1, 0.15) is 11.6 Å². The monoisotopic (exact) mass is 523 g/mol. The first kappa shape index (κ1) is 26.6. The van der Waals surface area contributed by atoms with Gasteiger partial charge in [0.2, 0.25) is 0 Å². The van der Waals surface area contributed by atoms with Gasteiger partial charge in [-0.1, -0.05) is 6.42 Å². The molecule has 0 atom stereocenters. The lowest BCUT2D eigenvalue weighted by Crippen LogP contribution is -2.49.